The summed E-state index contributed by atoms with van der Waals surface area (Å²) in [7, 11) is 0. The number of rotatable bonds is 5. The number of non-ortho nitro benzene ring substituents is 1. The van der Waals surface area contributed by atoms with E-state index >= 15 is 0 Å². The van der Waals surface area contributed by atoms with Crippen LogP contribution in [0.3, 0.4) is 0 Å². The highest BCUT2D eigenvalue weighted by molar-refractivity contribution is 5.89. The molecule has 3 heterocycles. The van der Waals surface area contributed by atoms with Gasteiger partial charge < -0.3 is 4.42 Å². The number of nitro groups is 1. The normalized spacial score (nSPS) is 11.5. The Labute approximate surface area is 199 Å². The Morgan fingerprint density at radius 1 is 0.857 bits per heavy atom. The van der Waals surface area contributed by atoms with E-state index in [0.717, 1.165) is 27.6 Å². The summed E-state index contributed by atoms with van der Waals surface area (Å²) in [5, 5.41) is 18.0. The number of hydrogen-bond acceptors (Lipinski definition) is 5. The molecule has 7 heteroatoms. The predicted octanol–water partition coefficient (Wildman–Crippen LogP) is 6.91. The van der Waals surface area contributed by atoms with E-state index in [9.17, 15) is 10.1 Å². The van der Waals surface area contributed by atoms with Crippen LogP contribution in [0, 0.1) is 10.1 Å². The Morgan fingerprint density at radius 2 is 1.66 bits per heavy atom. The topological polar surface area (TPSA) is 87.0 Å². The lowest BCUT2D eigenvalue weighted by atomic mass is 10.1. The molecule has 0 bridgehead atoms. The van der Waals surface area contributed by atoms with Gasteiger partial charge in [-0.15, -0.1) is 0 Å². The molecule has 3 aromatic heterocycles. The van der Waals surface area contributed by atoms with E-state index in [1.807, 2.05) is 97.2 Å². The zero-order chi connectivity index (χ0) is 23.8. The number of hydrogen-bond donors (Lipinski definition) is 0. The fourth-order valence-electron chi connectivity index (χ4n) is 4.07. The van der Waals surface area contributed by atoms with Gasteiger partial charge in [0.1, 0.15) is 16.8 Å². The summed E-state index contributed by atoms with van der Waals surface area (Å²) in [6.45, 7) is 0. The monoisotopic (exact) mass is 458 g/mol. The van der Waals surface area contributed by atoms with Crippen molar-refractivity contribution >= 4 is 39.7 Å². The number of nitrogens with zero attached hydrogens (tertiary/aromatic N) is 4. The van der Waals surface area contributed by atoms with E-state index in [1.165, 1.54) is 6.07 Å². The molecule has 0 spiro atoms. The molecule has 0 radical (unpaired) electrons. The molecule has 0 aliphatic heterocycles. The number of furan rings is 1. The second-order valence-corrected chi connectivity index (χ2v) is 8.04. The van der Waals surface area contributed by atoms with Crippen LogP contribution in [0.2, 0.25) is 0 Å². The molecule has 6 rings (SSSR count). The van der Waals surface area contributed by atoms with E-state index in [2.05, 4.69) is 4.98 Å². The molecule has 0 aliphatic rings. The molecule has 7 nitrogen and oxygen atoms in total. The van der Waals surface area contributed by atoms with Crippen LogP contribution in [-0.4, -0.2) is 19.7 Å². The lowest BCUT2D eigenvalue weighted by molar-refractivity contribution is -0.383. The molecule has 0 fully saturated rings. The third-order valence-corrected chi connectivity index (χ3v) is 5.77. The van der Waals surface area contributed by atoms with Gasteiger partial charge in [-0.3, -0.25) is 10.1 Å². The summed E-state index contributed by atoms with van der Waals surface area (Å²) >= 11 is 0. The van der Waals surface area contributed by atoms with Crippen molar-refractivity contribution in [1.29, 1.82) is 0 Å². The van der Waals surface area contributed by atoms with Crippen LogP contribution in [-0.2, 0) is 0 Å². The Hall–Kier alpha value is -5.04. The van der Waals surface area contributed by atoms with Crippen molar-refractivity contribution in [1.82, 2.24) is 14.8 Å². The zero-order valence-corrected chi connectivity index (χ0v) is 18.4. The van der Waals surface area contributed by atoms with Crippen molar-refractivity contribution in [2.75, 3.05) is 0 Å². The van der Waals surface area contributed by atoms with Crippen molar-refractivity contribution in [2.45, 2.75) is 0 Å². The van der Waals surface area contributed by atoms with Gasteiger partial charge >= 0.3 is 0 Å². The van der Waals surface area contributed by atoms with Gasteiger partial charge in [0, 0.05) is 28.6 Å². The lowest BCUT2D eigenvalue weighted by Gasteiger charge is -2.00. The van der Waals surface area contributed by atoms with Gasteiger partial charge in [0.15, 0.2) is 5.76 Å². The fraction of sp³-hybridized carbons (Fsp3) is 0. The Kier molecular flexibility index (Phi) is 4.93. The second-order valence-electron chi connectivity index (χ2n) is 8.04. The maximum absolute atomic E-state index is 11.4. The van der Waals surface area contributed by atoms with Crippen molar-refractivity contribution < 1.29 is 9.34 Å². The highest BCUT2D eigenvalue weighted by Gasteiger charge is 2.16. The summed E-state index contributed by atoms with van der Waals surface area (Å²) < 4.78 is 7.90. The number of fused-ring (bicyclic) bond motifs is 2. The Balaban J connectivity index is 1.46. The van der Waals surface area contributed by atoms with Gasteiger partial charge in [-0.25, -0.2) is 9.67 Å². The number of benzene rings is 3. The standard InChI is InChI=1S/C28H18N4O3/c33-32(34)24-11-6-8-19-13-15-22(29-27(19)24)16-14-21-18-31(23-9-2-1-3-10-23)30-28(21)26-17-20-7-4-5-12-25(20)35-26/h1-18H/b16-14+. The van der Waals surface area contributed by atoms with E-state index in [-0.39, 0.29) is 5.69 Å². The minimum absolute atomic E-state index is 0.0161. The number of para-hydroxylation sites is 3. The fourth-order valence-corrected chi connectivity index (χ4v) is 4.07. The minimum Gasteiger partial charge on any atom is -0.454 e. The van der Waals surface area contributed by atoms with Gasteiger partial charge in [-0.05, 0) is 42.5 Å². The van der Waals surface area contributed by atoms with Crippen LogP contribution >= 0.6 is 0 Å². The average molecular weight is 458 g/mol. The van der Waals surface area contributed by atoms with Crippen LogP contribution < -0.4 is 0 Å². The smallest absolute Gasteiger partial charge is 0.295 e. The molecule has 168 valence electrons. The van der Waals surface area contributed by atoms with E-state index in [1.54, 1.807) is 10.7 Å². The van der Waals surface area contributed by atoms with Gasteiger partial charge in [-0.1, -0.05) is 54.6 Å². The maximum Gasteiger partial charge on any atom is 0.295 e. The number of nitro benzene ring substituents is 1. The van der Waals surface area contributed by atoms with Crippen LogP contribution in [0.1, 0.15) is 11.3 Å². The lowest BCUT2D eigenvalue weighted by Crippen LogP contribution is -1.93. The molecule has 0 aliphatic carbocycles. The summed E-state index contributed by atoms with van der Waals surface area (Å²) in [4.78, 5) is 15.6. The van der Waals surface area contributed by atoms with E-state index < -0.39 is 4.92 Å². The number of pyridine rings is 1. The third-order valence-electron chi connectivity index (χ3n) is 5.77. The maximum atomic E-state index is 11.4. The molecule has 0 saturated heterocycles. The van der Waals surface area contributed by atoms with Crippen LogP contribution in [0.5, 0.6) is 0 Å². The molecule has 0 amide bonds. The first-order valence-corrected chi connectivity index (χ1v) is 11.0. The van der Waals surface area contributed by atoms with Gasteiger partial charge in [-0.2, -0.15) is 5.10 Å². The second kappa shape index (κ2) is 8.39. The highest BCUT2D eigenvalue weighted by atomic mass is 16.6. The van der Waals surface area contributed by atoms with Crippen LogP contribution in [0.4, 0.5) is 5.69 Å². The molecule has 35 heavy (non-hydrogen) atoms. The number of aromatic nitrogens is 3. The molecule has 0 saturated carbocycles. The summed E-state index contributed by atoms with van der Waals surface area (Å²) in [6, 6.07) is 28.2. The SMILES string of the molecule is O=[N+]([O-])c1cccc2ccc(/C=C/c3cn(-c4ccccc4)nc3-c3cc4ccccc4o3)nc12. The minimum atomic E-state index is -0.410. The first-order chi connectivity index (χ1) is 17.2. The first kappa shape index (κ1) is 20.6. The summed E-state index contributed by atoms with van der Waals surface area (Å²) in [5.74, 6) is 0.655. The van der Waals surface area contributed by atoms with Crippen molar-refractivity contribution in [3.05, 3.63) is 119 Å². The molecule has 3 aromatic carbocycles. The Bertz CT molecular complexity index is 1700. The Morgan fingerprint density at radius 3 is 2.49 bits per heavy atom. The van der Waals surface area contributed by atoms with Gasteiger partial charge in [0.05, 0.1) is 16.3 Å². The van der Waals surface area contributed by atoms with E-state index in [4.69, 9.17) is 9.52 Å². The first-order valence-electron chi connectivity index (χ1n) is 11.0. The molecular formula is C28H18N4O3. The van der Waals surface area contributed by atoms with E-state index in [0.29, 0.717) is 22.7 Å². The summed E-state index contributed by atoms with van der Waals surface area (Å²) in [6.07, 6.45) is 5.66. The van der Waals surface area contributed by atoms with Gasteiger partial charge in [0.25, 0.3) is 5.69 Å². The molecule has 0 atom stereocenters. The van der Waals surface area contributed by atoms with Gasteiger partial charge in [0.2, 0.25) is 0 Å². The van der Waals surface area contributed by atoms with Crippen molar-refractivity contribution in [3.63, 3.8) is 0 Å². The molecule has 6 aromatic rings. The summed E-state index contributed by atoms with van der Waals surface area (Å²) in [5.41, 5.74) is 4.18. The average Bonchev–Trinajstić information content (AvgIpc) is 3.51. The molecule has 0 N–H and O–H groups in total. The predicted molar refractivity (Wildman–Crippen MR) is 136 cm³/mol. The highest BCUT2D eigenvalue weighted by Crippen LogP contribution is 2.31. The largest absolute Gasteiger partial charge is 0.454 e. The zero-order valence-electron chi connectivity index (χ0n) is 18.4. The quantitative estimate of drug-likeness (QED) is 0.207. The van der Waals surface area contributed by atoms with Crippen LogP contribution in [0.15, 0.2) is 102 Å². The van der Waals surface area contributed by atoms with Crippen LogP contribution in [0.25, 0.3) is 51.2 Å². The van der Waals surface area contributed by atoms with Crippen molar-refractivity contribution in [2.24, 2.45) is 0 Å². The molecular weight excluding hydrogens is 440 g/mol. The molecule has 0 unspecified atom stereocenters. The van der Waals surface area contributed by atoms with Crippen molar-refractivity contribution in [3.8, 4) is 17.1 Å². The third kappa shape index (κ3) is 3.85.